The van der Waals surface area contributed by atoms with Crippen LogP contribution in [0.25, 0.3) is 0 Å². The van der Waals surface area contributed by atoms with Crippen LogP contribution in [0, 0.1) is 0 Å². The molecule has 0 spiro atoms. The fourth-order valence-electron chi connectivity index (χ4n) is 10.1. The number of rotatable bonds is 74. The lowest BCUT2D eigenvalue weighted by molar-refractivity contribution is -0.161. The second-order valence-corrected chi connectivity index (χ2v) is 29.1. The van der Waals surface area contributed by atoms with Gasteiger partial charge in [0.05, 0.1) is 26.4 Å². The standard InChI is InChI=1S/C87H142O17P2/c1-5-9-13-17-21-25-29-33-37-39-40-42-46-48-52-56-60-64-68-72-85(90)98-78-83(104-87(92)74-70-66-62-58-54-50-44-36-32-28-24-20-16-12-8-4)80-102-106(95,96)100-76-81(88)75-99-105(93,94)101-79-82(103-86(91)73-69-65-61-57-53-49-43-35-31-27-23-19-15-11-7-3)77-97-84(89)71-67-63-59-55-51-47-45-41-38-34-30-26-22-18-14-10-6-2/h9-11,13-15,21-23,25-27,33-38,40,42-44,48,52-53,57,60,64,81-83,88H,5-8,12,16-20,24,28-32,39,41,45-47,49-51,54-56,58-59,61-63,65-80H2,1-4H3,(H,93,94)(H,95,96)/b13-9-,14-10-,15-11-,25-21-,26-22-,27-23-,37-33-,38-34-,42-40-,43-35-,44-36-,52-48-,57-53-,64-60-. The number of unbranched alkanes of at least 4 members (excludes halogenated alkanes) is 20. The first kappa shape index (κ1) is 100. The van der Waals surface area contributed by atoms with Gasteiger partial charge in [0.2, 0.25) is 0 Å². The Hall–Kier alpha value is -5.58. The van der Waals surface area contributed by atoms with Gasteiger partial charge in [-0.2, -0.15) is 0 Å². The van der Waals surface area contributed by atoms with E-state index in [1.165, 1.54) is 38.5 Å². The highest BCUT2D eigenvalue weighted by Gasteiger charge is 2.30. The van der Waals surface area contributed by atoms with Gasteiger partial charge in [0.15, 0.2) is 12.2 Å². The van der Waals surface area contributed by atoms with E-state index in [9.17, 15) is 43.2 Å². The Morgan fingerprint density at radius 2 is 0.509 bits per heavy atom. The number of carbonyl (C=O) groups is 4. The van der Waals surface area contributed by atoms with Gasteiger partial charge in [-0.05, 0) is 161 Å². The van der Waals surface area contributed by atoms with E-state index in [2.05, 4.69) is 180 Å². The second kappa shape index (κ2) is 77.6. The van der Waals surface area contributed by atoms with Crippen molar-refractivity contribution in [2.24, 2.45) is 0 Å². The SMILES string of the molecule is CC/C=C\C/C=C\C/C=C\C/C=C\C/C=C\C/C=C\CCC(=O)OCC(COP(=O)(O)OCC(O)COP(=O)(O)OCC(COC(=O)CCCCCCCCC/C=C\C/C=C\C/C=C\CC)OC(=O)CCCC/C=C\C/C=C\C/C=C\C/C=C\CC)OC(=O)CCCCCCC/C=C\CCCCCCCC. The van der Waals surface area contributed by atoms with Gasteiger partial charge in [-0.3, -0.25) is 37.3 Å². The number of allylic oxidation sites excluding steroid dienone is 28. The van der Waals surface area contributed by atoms with E-state index in [1.54, 1.807) is 0 Å². The summed E-state index contributed by atoms with van der Waals surface area (Å²) in [5, 5.41) is 10.6. The van der Waals surface area contributed by atoms with Crippen molar-refractivity contribution < 1.29 is 80.2 Å². The number of carbonyl (C=O) groups excluding carboxylic acids is 4. The Balaban J connectivity index is 5.48. The summed E-state index contributed by atoms with van der Waals surface area (Å²) < 4.78 is 68.5. The average molecular weight is 1520 g/mol. The molecule has 0 fully saturated rings. The summed E-state index contributed by atoms with van der Waals surface area (Å²) in [6.45, 7) is 4.37. The molecular weight excluding hydrogens is 1380 g/mol. The maximum atomic E-state index is 13.1. The van der Waals surface area contributed by atoms with Crippen LogP contribution in [0.4, 0.5) is 0 Å². The second-order valence-electron chi connectivity index (χ2n) is 26.2. The van der Waals surface area contributed by atoms with Crippen molar-refractivity contribution in [1.29, 1.82) is 0 Å². The monoisotopic (exact) mass is 1520 g/mol. The molecule has 0 amide bonds. The van der Waals surface area contributed by atoms with Gasteiger partial charge in [0.1, 0.15) is 19.3 Å². The van der Waals surface area contributed by atoms with Crippen LogP contribution in [0.3, 0.4) is 0 Å². The van der Waals surface area contributed by atoms with Crippen molar-refractivity contribution in [1.82, 2.24) is 0 Å². The van der Waals surface area contributed by atoms with Gasteiger partial charge in [0, 0.05) is 25.7 Å². The van der Waals surface area contributed by atoms with Crippen molar-refractivity contribution in [3.05, 3.63) is 170 Å². The molecule has 5 unspecified atom stereocenters. The van der Waals surface area contributed by atoms with Crippen molar-refractivity contribution in [2.45, 2.75) is 316 Å². The molecule has 0 saturated carbocycles. The topological polar surface area (TPSA) is 237 Å². The highest BCUT2D eigenvalue weighted by atomic mass is 31.2. The van der Waals surface area contributed by atoms with Crippen LogP contribution in [-0.2, 0) is 65.4 Å². The van der Waals surface area contributed by atoms with Crippen LogP contribution in [0.5, 0.6) is 0 Å². The first-order chi connectivity index (χ1) is 51.7. The number of esters is 4. The van der Waals surface area contributed by atoms with E-state index in [4.69, 9.17) is 37.0 Å². The van der Waals surface area contributed by atoms with Crippen LogP contribution < -0.4 is 0 Å². The molecule has 106 heavy (non-hydrogen) atoms. The molecule has 602 valence electrons. The molecule has 5 atom stereocenters. The molecule has 3 N–H and O–H groups in total. The minimum Gasteiger partial charge on any atom is -0.462 e. The zero-order valence-corrected chi connectivity index (χ0v) is 67.6. The lowest BCUT2D eigenvalue weighted by Crippen LogP contribution is -2.30. The number of aliphatic hydroxyl groups is 1. The molecule has 0 aliphatic carbocycles. The first-order valence-corrected chi connectivity index (χ1v) is 43.4. The molecule has 0 radical (unpaired) electrons. The molecule has 0 aromatic heterocycles. The molecular formula is C87H142O17P2. The number of hydrogen-bond acceptors (Lipinski definition) is 15. The molecule has 17 nitrogen and oxygen atoms in total. The van der Waals surface area contributed by atoms with Gasteiger partial charge in [-0.25, -0.2) is 9.13 Å². The van der Waals surface area contributed by atoms with Crippen molar-refractivity contribution in [3.8, 4) is 0 Å². The normalized spacial score (nSPS) is 14.7. The van der Waals surface area contributed by atoms with Crippen LogP contribution >= 0.6 is 15.6 Å². The molecule has 0 saturated heterocycles. The third-order valence-electron chi connectivity index (χ3n) is 16.2. The van der Waals surface area contributed by atoms with Crippen molar-refractivity contribution in [2.75, 3.05) is 39.6 Å². The third-order valence-corrected chi connectivity index (χ3v) is 18.1. The third kappa shape index (κ3) is 76.6. The molecule has 0 aromatic rings. The van der Waals surface area contributed by atoms with Gasteiger partial charge in [-0.1, -0.05) is 281 Å². The zero-order chi connectivity index (χ0) is 77.4. The summed E-state index contributed by atoms with van der Waals surface area (Å²) in [5.74, 6) is -2.35. The molecule has 0 heterocycles. The summed E-state index contributed by atoms with van der Waals surface area (Å²) in [6, 6.07) is 0. The van der Waals surface area contributed by atoms with E-state index in [-0.39, 0.29) is 25.7 Å². The summed E-state index contributed by atoms with van der Waals surface area (Å²) in [4.78, 5) is 73.0. The van der Waals surface area contributed by atoms with E-state index in [1.807, 2.05) is 18.2 Å². The van der Waals surface area contributed by atoms with Crippen LogP contribution in [0.15, 0.2) is 170 Å². The van der Waals surface area contributed by atoms with Crippen molar-refractivity contribution >= 4 is 39.5 Å². The fourth-order valence-corrected chi connectivity index (χ4v) is 11.7. The molecule has 0 aliphatic rings. The number of ether oxygens (including phenoxy) is 4. The number of aliphatic hydroxyl groups excluding tert-OH is 1. The smallest absolute Gasteiger partial charge is 0.462 e. The lowest BCUT2D eigenvalue weighted by Gasteiger charge is -2.21. The minimum absolute atomic E-state index is 0.0287. The highest BCUT2D eigenvalue weighted by Crippen LogP contribution is 2.45. The van der Waals surface area contributed by atoms with Gasteiger partial charge >= 0.3 is 39.5 Å². The maximum Gasteiger partial charge on any atom is 0.472 e. The van der Waals surface area contributed by atoms with Crippen LogP contribution in [0.2, 0.25) is 0 Å². The first-order valence-electron chi connectivity index (χ1n) is 40.4. The van der Waals surface area contributed by atoms with Gasteiger partial charge in [0.25, 0.3) is 0 Å². The Bertz CT molecular complexity index is 2680. The summed E-state index contributed by atoms with van der Waals surface area (Å²) in [6.07, 6.45) is 92.1. The fraction of sp³-hybridized carbons (Fsp3) is 0.632. The summed E-state index contributed by atoms with van der Waals surface area (Å²) in [5.41, 5.74) is 0. The van der Waals surface area contributed by atoms with E-state index < -0.39 is 97.5 Å². The van der Waals surface area contributed by atoms with Crippen LogP contribution in [0.1, 0.15) is 297 Å². The van der Waals surface area contributed by atoms with Crippen LogP contribution in [-0.4, -0.2) is 96.7 Å². The average Bonchev–Trinajstić information content (AvgIpc) is 0.909. The van der Waals surface area contributed by atoms with Gasteiger partial charge in [-0.15, -0.1) is 0 Å². The van der Waals surface area contributed by atoms with Crippen molar-refractivity contribution in [3.63, 3.8) is 0 Å². The number of phosphoric ester groups is 2. The molecule has 0 aliphatic heterocycles. The molecule has 0 rings (SSSR count). The summed E-state index contributed by atoms with van der Waals surface area (Å²) >= 11 is 0. The minimum atomic E-state index is -5.01. The van der Waals surface area contributed by atoms with E-state index in [0.717, 1.165) is 167 Å². The largest absolute Gasteiger partial charge is 0.472 e. The van der Waals surface area contributed by atoms with E-state index >= 15 is 0 Å². The number of phosphoric acid groups is 2. The Morgan fingerprint density at radius 1 is 0.274 bits per heavy atom. The Morgan fingerprint density at radius 3 is 0.840 bits per heavy atom. The quantitative estimate of drug-likeness (QED) is 0.0169. The van der Waals surface area contributed by atoms with E-state index in [0.29, 0.717) is 38.5 Å². The van der Waals surface area contributed by atoms with Gasteiger partial charge < -0.3 is 33.8 Å². The molecule has 0 aromatic carbocycles. The number of hydrogen-bond donors (Lipinski definition) is 3. The predicted molar refractivity (Wildman–Crippen MR) is 436 cm³/mol. The highest BCUT2D eigenvalue weighted by molar-refractivity contribution is 7.47. The summed E-state index contributed by atoms with van der Waals surface area (Å²) in [7, 11) is -10.0. The lowest BCUT2D eigenvalue weighted by atomic mass is 10.1. The Kier molecular flexibility index (Phi) is 73.5. The predicted octanol–water partition coefficient (Wildman–Crippen LogP) is 23.8. The molecule has 19 heteroatoms. The molecule has 0 bridgehead atoms. The Labute approximate surface area is 642 Å². The zero-order valence-electron chi connectivity index (χ0n) is 65.8. The maximum absolute atomic E-state index is 13.1.